The molecule has 1 unspecified atom stereocenters. The Kier molecular flexibility index (Phi) is 5.74. The molecular weight excluding hydrogens is 234 g/mol. The molecule has 0 bridgehead atoms. The van der Waals surface area contributed by atoms with E-state index in [4.69, 9.17) is 19.3 Å². The van der Waals surface area contributed by atoms with Crippen LogP contribution in [0.4, 0.5) is 0 Å². The lowest BCUT2D eigenvalue weighted by Crippen LogP contribution is -2.28. The molecule has 0 saturated heterocycles. The number of methoxy groups -OCH3 is 3. The Bertz CT molecular complexity index is 356. The molecule has 2 N–H and O–H groups in total. The summed E-state index contributed by atoms with van der Waals surface area (Å²) in [6.45, 7) is 2.64. The van der Waals surface area contributed by atoms with Crippen LogP contribution in [0.5, 0.6) is 17.2 Å². The topological polar surface area (TPSA) is 60.0 Å². The Morgan fingerprint density at radius 3 is 2.06 bits per heavy atom. The van der Waals surface area contributed by atoms with E-state index in [0.717, 1.165) is 5.56 Å². The summed E-state index contributed by atoms with van der Waals surface area (Å²) in [6.07, 6.45) is 0. The number of rotatable bonds is 7. The van der Waals surface area contributed by atoms with E-state index >= 15 is 0 Å². The van der Waals surface area contributed by atoms with Crippen molar-refractivity contribution in [2.75, 3.05) is 27.9 Å². The van der Waals surface area contributed by atoms with E-state index in [-0.39, 0.29) is 12.6 Å². The Balaban J connectivity index is 2.93. The van der Waals surface area contributed by atoms with E-state index in [1.807, 2.05) is 19.1 Å². The summed E-state index contributed by atoms with van der Waals surface area (Å²) in [5, 5.41) is 12.2. The zero-order valence-electron chi connectivity index (χ0n) is 11.3. The van der Waals surface area contributed by atoms with Gasteiger partial charge in [0, 0.05) is 12.6 Å². The maximum Gasteiger partial charge on any atom is 0.203 e. The molecule has 1 atom stereocenters. The molecule has 0 aliphatic rings. The third-order valence-electron chi connectivity index (χ3n) is 2.65. The Hall–Kier alpha value is -1.46. The second-order valence-corrected chi connectivity index (χ2v) is 4.00. The standard InChI is InChI=1S/C13H21NO4/c1-9(8-15)14-7-10-5-11(16-2)13(18-4)12(6-10)17-3/h5-6,9,14-15H,7-8H2,1-4H3. The highest BCUT2D eigenvalue weighted by Gasteiger charge is 2.13. The molecule has 5 nitrogen and oxygen atoms in total. The minimum atomic E-state index is 0.0455. The first-order valence-corrected chi connectivity index (χ1v) is 5.79. The highest BCUT2D eigenvalue weighted by atomic mass is 16.5. The van der Waals surface area contributed by atoms with E-state index in [9.17, 15) is 0 Å². The lowest BCUT2D eigenvalue weighted by Gasteiger charge is -2.15. The Morgan fingerprint density at radius 2 is 1.67 bits per heavy atom. The number of hydrogen-bond acceptors (Lipinski definition) is 5. The van der Waals surface area contributed by atoms with Gasteiger partial charge in [-0.15, -0.1) is 0 Å². The van der Waals surface area contributed by atoms with E-state index in [1.54, 1.807) is 21.3 Å². The van der Waals surface area contributed by atoms with Gasteiger partial charge < -0.3 is 24.6 Å². The number of hydrogen-bond donors (Lipinski definition) is 2. The van der Waals surface area contributed by atoms with Crippen LogP contribution in [0.1, 0.15) is 12.5 Å². The smallest absolute Gasteiger partial charge is 0.203 e. The van der Waals surface area contributed by atoms with Gasteiger partial charge in [-0.1, -0.05) is 0 Å². The summed E-state index contributed by atoms with van der Waals surface area (Å²) >= 11 is 0. The van der Waals surface area contributed by atoms with Crippen LogP contribution >= 0.6 is 0 Å². The van der Waals surface area contributed by atoms with Gasteiger partial charge in [0.05, 0.1) is 27.9 Å². The highest BCUT2D eigenvalue weighted by Crippen LogP contribution is 2.38. The summed E-state index contributed by atoms with van der Waals surface area (Å²) in [7, 11) is 4.75. The molecule has 0 aliphatic carbocycles. The first-order chi connectivity index (χ1) is 8.65. The molecule has 0 fully saturated rings. The average Bonchev–Trinajstić information content (AvgIpc) is 2.43. The van der Waals surface area contributed by atoms with Crippen molar-refractivity contribution in [3.05, 3.63) is 17.7 Å². The van der Waals surface area contributed by atoms with Gasteiger partial charge in [0.15, 0.2) is 11.5 Å². The van der Waals surface area contributed by atoms with Gasteiger partial charge in [0.2, 0.25) is 5.75 Å². The van der Waals surface area contributed by atoms with Crippen molar-refractivity contribution in [3.8, 4) is 17.2 Å². The fraction of sp³-hybridized carbons (Fsp3) is 0.538. The number of benzene rings is 1. The van der Waals surface area contributed by atoms with Crippen LogP contribution in [0, 0.1) is 0 Å². The van der Waals surface area contributed by atoms with Crippen molar-refractivity contribution < 1.29 is 19.3 Å². The predicted molar refractivity (Wildman–Crippen MR) is 69.5 cm³/mol. The van der Waals surface area contributed by atoms with Gasteiger partial charge in [0.25, 0.3) is 0 Å². The number of ether oxygens (including phenoxy) is 3. The van der Waals surface area contributed by atoms with Gasteiger partial charge in [-0.05, 0) is 24.6 Å². The van der Waals surface area contributed by atoms with Crippen molar-refractivity contribution in [1.29, 1.82) is 0 Å². The molecular formula is C13H21NO4. The predicted octanol–water partition coefficient (Wildman–Crippen LogP) is 1.18. The van der Waals surface area contributed by atoms with Crippen LogP contribution in [0.15, 0.2) is 12.1 Å². The van der Waals surface area contributed by atoms with Gasteiger partial charge in [-0.25, -0.2) is 0 Å². The van der Waals surface area contributed by atoms with E-state index in [0.29, 0.717) is 23.8 Å². The monoisotopic (exact) mass is 255 g/mol. The fourth-order valence-electron chi connectivity index (χ4n) is 1.59. The summed E-state index contributed by atoms with van der Waals surface area (Å²) < 4.78 is 15.8. The van der Waals surface area contributed by atoms with E-state index in [2.05, 4.69) is 5.32 Å². The summed E-state index contributed by atoms with van der Waals surface area (Å²) in [5.41, 5.74) is 1.00. The summed E-state index contributed by atoms with van der Waals surface area (Å²) in [4.78, 5) is 0. The third kappa shape index (κ3) is 3.51. The molecule has 0 heterocycles. The van der Waals surface area contributed by atoms with Crippen molar-refractivity contribution in [3.63, 3.8) is 0 Å². The molecule has 0 spiro atoms. The summed E-state index contributed by atoms with van der Waals surface area (Å²) in [5.74, 6) is 1.84. The molecule has 0 radical (unpaired) electrons. The number of aliphatic hydroxyl groups excluding tert-OH is 1. The van der Waals surface area contributed by atoms with Crippen LogP contribution in [-0.2, 0) is 6.54 Å². The largest absolute Gasteiger partial charge is 0.493 e. The Morgan fingerprint density at radius 1 is 1.11 bits per heavy atom. The number of nitrogens with one attached hydrogen (secondary N) is 1. The average molecular weight is 255 g/mol. The minimum Gasteiger partial charge on any atom is -0.493 e. The molecule has 1 rings (SSSR count). The van der Waals surface area contributed by atoms with Crippen LogP contribution in [0.25, 0.3) is 0 Å². The van der Waals surface area contributed by atoms with Crippen molar-refractivity contribution >= 4 is 0 Å². The molecule has 18 heavy (non-hydrogen) atoms. The van der Waals surface area contributed by atoms with Gasteiger partial charge >= 0.3 is 0 Å². The van der Waals surface area contributed by atoms with Crippen molar-refractivity contribution in [2.45, 2.75) is 19.5 Å². The van der Waals surface area contributed by atoms with Crippen molar-refractivity contribution in [1.82, 2.24) is 5.32 Å². The van der Waals surface area contributed by atoms with Gasteiger partial charge in [-0.2, -0.15) is 0 Å². The van der Waals surface area contributed by atoms with Gasteiger partial charge in [0.1, 0.15) is 0 Å². The molecule has 102 valence electrons. The minimum absolute atomic E-state index is 0.0455. The van der Waals surface area contributed by atoms with Gasteiger partial charge in [-0.3, -0.25) is 0 Å². The fourth-order valence-corrected chi connectivity index (χ4v) is 1.59. The van der Waals surface area contributed by atoms with Crippen LogP contribution in [0.2, 0.25) is 0 Å². The second kappa shape index (κ2) is 7.08. The second-order valence-electron chi connectivity index (χ2n) is 4.00. The molecule has 1 aromatic rings. The van der Waals surface area contributed by atoms with E-state index < -0.39 is 0 Å². The first kappa shape index (κ1) is 14.6. The molecule has 0 aromatic heterocycles. The summed E-state index contributed by atoms with van der Waals surface area (Å²) in [6, 6.07) is 3.82. The Labute approximate surface area is 108 Å². The third-order valence-corrected chi connectivity index (χ3v) is 2.65. The van der Waals surface area contributed by atoms with E-state index in [1.165, 1.54) is 0 Å². The maximum absolute atomic E-state index is 8.96. The highest BCUT2D eigenvalue weighted by molar-refractivity contribution is 5.53. The molecule has 0 saturated carbocycles. The van der Waals surface area contributed by atoms with Crippen LogP contribution in [0.3, 0.4) is 0 Å². The van der Waals surface area contributed by atoms with Crippen LogP contribution < -0.4 is 19.5 Å². The molecule has 5 heteroatoms. The quantitative estimate of drug-likeness (QED) is 0.766. The van der Waals surface area contributed by atoms with Crippen LogP contribution in [-0.4, -0.2) is 39.1 Å². The first-order valence-electron chi connectivity index (χ1n) is 5.79. The molecule has 0 aliphatic heterocycles. The normalized spacial score (nSPS) is 12.1. The zero-order valence-corrected chi connectivity index (χ0v) is 11.3. The number of aliphatic hydroxyl groups is 1. The lowest BCUT2D eigenvalue weighted by molar-refractivity contribution is 0.251. The molecule has 1 aromatic carbocycles. The molecule has 0 amide bonds. The van der Waals surface area contributed by atoms with Crippen molar-refractivity contribution in [2.24, 2.45) is 0 Å². The maximum atomic E-state index is 8.96. The SMILES string of the molecule is COc1cc(CNC(C)CO)cc(OC)c1OC. The zero-order chi connectivity index (χ0) is 13.5. The lowest BCUT2D eigenvalue weighted by atomic mass is 10.1.